The molecule has 2 amide bonds. The summed E-state index contributed by atoms with van der Waals surface area (Å²) in [5.74, 6) is -0.354. The van der Waals surface area contributed by atoms with Gasteiger partial charge in [-0.1, -0.05) is 39.3 Å². The average molecular weight is 327 g/mol. The molecule has 1 saturated heterocycles. The normalized spacial score (nSPS) is 22.5. The highest BCUT2D eigenvalue weighted by Crippen LogP contribution is 2.42. The molecular weight excluding hydrogens is 308 g/mol. The maximum atomic E-state index is 12.2. The Hall–Kier alpha value is -1.02. The molecule has 0 N–H and O–H groups in total. The zero-order valence-electron chi connectivity index (χ0n) is 12.2. The number of amides is 2. The molecule has 2 unspecified atom stereocenters. The molecule has 1 aliphatic heterocycles. The molecule has 1 aliphatic rings. The molecule has 0 aliphatic carbocycles. The minimum absolute atomic E-state index is 0.103. The Balaban J connectivity index is 2.23. The van der Waals surface area contributed by atoms with Crippen molar-refractivity contribution < 1.29 is 18.8 Å². The van der Waals surface area contributed by atoms with Gasteiger partial charge in [0.05, 0.1) is 0 Å². The summed E-state index contributed by atoms with van der Waals surface area (Å²) in [4.78, 5) is 25.5. The van der Waals surface area contributed by atoms with Crippen molar-refractivity contribution in [2.24, 2.45) is 0 Å². The van der Waals surface area contributed by atoms with Crippen molar-refractivity contribution in [3.8, 4) is 0 Å². The van der Waals surface area contributed by atoms with Gasteiger partial charge in [0.15, 0.2) is 6.10 Å². The third-order valence-electron chi connectivity index (χ3n) is 2.97. The summed E-state index contributed by atoms with van der Waals surface area (Å²) in [6, 6.07) is 8.93. The van der Waals surface area contributed by atoms with Gasteiger partial charge >= 0.3 is 6.09 Å². The lowest BCUT2D eigenvalue weighted by Crippen LogP contribution is -2.62. The van der Waals surface area contributed by atoms with Gasteiger partial charge < -0.3 is 9.26 Å². The van der Waals surface area contributed by atoms with Crippen molar-refractivity contribution in [3.05, 3.63) is 35.9 Å². The molecule has 1 aromatic rings. The fourth-order valence-corrected chi connectivity index (χ4v) is 2.96. The van der Waals surface area contributed by atoms with Crippen LogP contribution < -0.4 is 0 Å². The lowest BCUT2D eigenvalue weighted by Gasteiger charge is -2.44. The highest BCUT2D eigenvalue weighted by Gasteiger charge is 2.53. The van der Waals surface area contributed by atoms with E-state index in [1.807, 2.05) is 30.3 Å². The molecule has 0 bridgehead atoms. The van der Waals surface area contributed by atoms with Gasteiger partial charge in [-0.05, 0) is 26.3 Å². The predicted octanol–water partition coefficient (Wildman–Crippen LogP) is 3.27. The number of hydrogen-bond acceptors (Lipinski definition) is 4. The van der Waals surface area contributed by atoms with Gasteiger partial charge in [0.25, 0.3) is 5.91 Å². The van der Waals surface area contributed by atoms with Gasteiger partial charge in [0.1, 0.15) is 11.6 Å². The highest BCUT2D eigenvalue weighted by atomic mass is 32.0. The van der Waals surface area contributed by atoms with Gasteiger partial charge in [0.2, 0.25) is 0 Å². The van der Waals surface area contributed by atoms with Crippen molar-refractivity contribution in [2.45, 2.75) is 38.5 Å². The van der Waals surface area contributed by atoms with E-state index < -0.39 is 23.8 Å². The minimum Gasteiger partial charge on any atom is -0.443 e. The van der Waals surface area contributed by atoms with Crippen LogP contribution >= 0.6 is 17.4 Å². The van der Waals surface area contributed by atoms with Gasteiger partial charge in [-0.15, -0.1) is 0 Å². The van der Waals surface area contributed by atoms with Crippen LogP contribution in [0.4, 0.5) is 4.79 Å². The Labute approximate surface area is 128 Å². The number of carbonyl (C=O) groups is 2. The quantitative estimate of drug-likeness (QED) is 0.631. The summed E-state index contributed by atoms with van der Waals surface area (Å²) in [7, 11) is 2.54. The monoisotopic (exact) mass is 327 g/mol. The van der Waals surface area contributed by atoms with E-state index in [0.29, 0.717) is 0 Å². The summed E-state index contributed by atoms with van der Waals surface area (Å²) in [6.45, 7) is 5.31. The van der Waals surface area contributed by atoms with Gasteiger partial charge in [-0.2, -0.15) is 0 Å². The molecule has 0 spiro atoms. The molecule has 114 valence electrons. The Kier molecular flexibility index (Phi) is 4.98. The average Bonchev–Trinajstić information content (AvgIpc) is 2.40. The fraction of sp³-hybridized carbons (Fsp3) is 0.429. The summed E-state index contributed by atoms with van der Waals surface area (Å²) in [5.41, 5.74) is 0.212. The van der Waals surface area contributed by atoms with E-state index in [2.05, 4.69) is 8.93 Å². The molecule has 1 fully saturated rings. The second-order valence-corrected chi connectivity index (χ2v) is 6.88. The maximum Gasteiger partial charge on any atom is 0.417 e. The summed E-state index contributed by atoms with van der Waals surface area (Å²) in [5, 5.41) is 0. The van der Waals surface area contributed by atoms with E-state index in [4.69, 9.17) is 9.26 Å². The number of imide groups is 1. The van der Waals surface area contributed by atoms with Crippen LogP contribution in [0.5, 0.6) is 0 Å². The number of hydrogen-bond donors (Lipinski definition) is 0. The first-order chi connectivity index (χ1) is 9.85. The maximum absolute atomic E-state index is 12.2. The fourth-order valence-electron chi connectivity index (χ4n) is 2.14. The number of β-lactam (4-membered cyclic amide) rings is 1. The van der Waals surface area contributed by atoms with Crippen LogP contribution in [-0.2, 0) is 14.1 Å². The molecular formula is C14H19NO4P2. The number of nitrogens with zero attached hydrogens (tertiary/aromatic N) is 1. The summed E-state index contributed by atoms with van der Waals surface area (Å²) in [6.07, 6.45) is -1.26. The van der Waals surface area contributed by atoms with E-state index in [1.165, 1.54) is 0 Å². The number of likely N-dealkylation sites (tertiary alicyclic amines) is 1. The molecule has 7 heteroatoms. The molecule has 2 rings (SSSR count). The second-order valence-electron chi connectivity index (χ2n) is 5.70. The Morgan fingerprint density at radius 3 is 2.43 bits per heavy atom. The standard InChI is InChI=1S/C14H19NO4P2/c1-14(2,3)18-13(17)15-10(9-7-5-4-6-8-9)11(12(15)16)19-21-20/h4-8,10-11,21H,20H2,1-3H3/t10-,11+/m0/s1. The van der Waals surface area contributed by atoms with E-state index in [0.717, 1.165) is 10.5 Å². The SMILES string of the molecule is CC(C)(C)OC(=O)N1C(=O)[C@H](OPP)[C@@H]1c1ccccc1. The third kappa shape index (κ3) is 3.60. The molecule has 5 nitrogen and oxygen atoms in total. The molecule has 0 aromatic heterocycles. The first-order valence-corrected chi connectivity index (χ1v) is 9.29. The third-order valence-corrected chi connectivity index (χ3v) is 3.77. The van der Waals surface area contributed by atoms with Crippen molar-refractivity contribution in [2.75, 3.05) is 0 Å². The Bertz CT molecular complexity index is 530. The topological polar surface area (TPSA) is 55.8 Å². The van der Waals surface area contributed by atoms with Gasteiger partial charge in [0, 0.05) is 8.50 Å². The minimum atomic E-state index is -0.646. The zero-order valence-corrected chi connectivity index (χ0v) is 14.4. The molecule has 21 heavy (non-hydrogen) atoms. The molecule has 0 saturated carbocycles. The van der Waals surface area contributed by atoms with Crippen molar-refractivity contribution in [3.63, 3.8) is 0 Å². The first kappa shape index (κ1) is 16.4. The van der Waals surface area contributed by atoms with Crippen molar-refractivity contribution in [1.82, 2.24) is 4.90 Å². The number of rotatable bonds is 3. The molecule has 1 heterocycles. The largest absolute Gasteiger partial charge is 0.443 e. The van der Waals surface area contributed by atoms with Crippen molar-refractivity contribution in [1.29, 1.82) is 0 Å². The highest BCUT2D eigenvalue weighted by molar-refractivity contribution is 8.00. The van der Waals surface area contributed by atoms with E-state index in [9.17, 15) is 9.59 Å². The van der Waals surface area contributed by atoms with E-state index in [1.54, 1.807) is 20.8 Å². The van der Waals surface area contributed by atoms with E-state index in [-0.39, 0.29) is 14.4 Å². The molecule has 0 radical (unpaired) electrons. The molecule has 1 aromatic carbocycles. The van der Waals surface area contributed by atoms with Crippen LogP contribution in [0.2, 0.25) is 0 Å². The van der Waals surface area contributed by atoms with Crippen LogP contribution in [0.1, 0.15) is 32.4 Å². The smallest absolute Gasteiger partial charge is 0.417 e. The van der Waals surface area contributed by atoms with Crippen molar-refractivity contribution >= 4 is 29.4 Å². The summed E-state index contributed by atoms with van der Waals surface area (Å²) >= 11 is 0. The van der Waals surface area contributed by atoms with Gasteiger partial charge in [-0.25, -0.2) is 9.69 Å². The molecule has 4 atom stereocenters. The van der Waals surface area contributed by atoms with E-state index >= 15 is 0 Å². The lowest BCUT2D eigenvalue weighted by atomic mass is 9.91. The van der Waals surface area contributed by atoms with Crippen LogP contribution in [0.15, 0.2) is 30.3 Å². The number of carbonyl (C=O) groups excluding carboxylic acids is 2. The van der Waals surface area contributed by atoms with Crippen LogP contribution in [0.25, 0.3) is 0 Å². The lowest BCUT2D eigenvalue weighted by molar-refractivity contribution is -0.160. The zero-order chi connectivity index (χ0) is 15.6. The van der Waals surface area contributed by atoms with Crippen LogP contribution in [0.3, 0.4) is 0 Å². The summed E-state index contributed by atoms with van der Waals surface area (Å²) < 4.78 is 10.8. The second kappa shape index (κ2) is 6.39. The van der Waals surface area contributed by atoms with Crippen LogP contribution in [0, 0.1) is 0 Å². The first-order valence-electron chi connectivity index (χ1n) is 6.57. The predicted molar refractivity (Wildman–Crippen MR) is 85.2 cm³/mol. The number of ether oxygens (including phenoxy) is 1. The number of benzene rings is 1. The Morgan fingerprint density at radius 2 is 1.90 bits per heavy atom. The van der Waals surface area contributed by atoms with Gasteiger partial charge in [-0.3, -0.25) is 4.79 Å². The Morgan fingerprint density at radius 1 is 1.29 bits per heavy atom. The van der Waals surface area contributed by atoms with Crippen LogP contribution in [-0.4, -0.2) is 28.6 Å².